The highest BCUT2D eigenvalue weighted by Crippen LogP contribution is 2.63. The number of Topliss-reactive ketones (excluding diaryl/α,β-unsaturated/α-hetero) is 1. The molecule has 3 fully saturated rings. The quantitative estimate of drug-likeness (QED) is 0.756. The summed E-state index contributed by atoms with van der Waals surface area (Å²) in [5.74, 6) is 1.72. The van der Waals surface area contributed by atoms with E-state index >= 15 is 0 Å². The molecule has 0 unspecified atom stereocenters. The third-order valence-electron chi connectivity index (χ3n) is 7.29. The topological polar surface area (TPSA) is 54.4 Å². The molecule has 6 atom stereocenters. The van der Waals surface area contributed by atoms with Gasteiger partial charge in [0.1, 0.15) is 5.78 Å². The Balaban J connectivity index is 1.75. The molecule has 1 N–H and O–H groups in total. The van der Waals surface area contributed by atoms with Gasteiger partial charge in [0.25, 0.3) is 0 Å². The van der Waals surface area contributed by atoms with E-state index in [4.69, 9.17) is 0 Å². The number of ketones is 2. The largest absolute Gasteiger partial charge is 0.392 e. The molecule has 3 saturated carbocycles. The van der Waals surface area contributed by atoms with Gasteiger partial charge in [-0.05, 0) is 55.9 Å². The molecule has 0 saturated heterocycles. The molecule has 0 amide bonds. The molecule has 0 heterocycles. The zero-order valence-electron chi connectivity index (χ0n) is 13.9. The molecule has 4 aliphatic rings. The summed E-state index contributed by atoms with van der Waals surface area (Å²) in [6.07, 6.45) is 6.73. The second kappa shape index (κ2) is 5.14. The van der Waals surface area contributed by atoms with Gasteiger partial charge < -0.3 is 5.11 Å². The van der Waals surface area contributed by atoms with Crippen LogP contribution >= 0.6 is 0 Å². The lowest BCUT2D eigenvalue weighted by molar-refractivity contribution is -0.131. The minimum atomic E-state index is -0.487. The highest BCUT2D eigenvalue weighted by Gasteiger charge is 2.62. The zero-order chi connectivity index (χ0) is 16.4. The summed E-state index contributed by atoms with van der Waals surface area (Å²) >= 11 is 0. The molecule has 124 valence electrons. The summed E-state index contributed by atoms with van der Waals surface area (Å²) < 4.78 is 0. The number of rotatable bonds is 1. The predicted molar refractivity (Wildman–Crippen MR) is 87.6 cm³/mol. The molecule has 0 radical (unpaired) electrons. The van der Waals surface area contributed by atoms with Crippen molar-refractivity contribution in [3.05, 3.63) is 23.8 Å². The van der Waals surface area contributed by atoms with Crippen molar-refractivity contribution in [1.82, 2.24) is 0 Å². The van der Waals surface area contributed by atoms with E-state index in [9.17, 15) is 14.7 Å². The Morgan fingerprint density at radius 1 is 1.30 bits per heavy atom. The fraction of sp³-hybridized carbons (Fsp3) is 0.700. The second-order valence-electron chi connectivity index (χ2n) is 8.12. The standard InChI is InChI=1S/C20H26O3/c1-3-20-10-11(2)18-14-7-5-13(21)8-12(14)4-6-15(18)19(20)16(22)9-17(20)23/h8,14-16,18-19,22H,2-7,9-10H2,1H3/t14-,15+,16-,18+,19+,20+/m0/s1. The Kier molecular flexibility index (Phi) is 3.42. The van der Waals surface area contributed by atoms with Gasteiger partial charge in [0, 0.05) is 24.2 Å². The van der Waals surface area contributed by atoms with Crippen molar-refractivity contribution in [1.29, 1.82) is 0 Å². The molecule has 0 spiro atoms. The van der Waals surface area contributed by atoms with Crippen molar-refractivity contribution in [3.63, 3.8) is 0 Å². The van der Waals surface area contributed by atoms with E-state index in [0.29, 0.717) is 30.6 Å². The molecular weight excluding hydrogens is 288 g/mol. The van der Waals surface area contributed by atoms with Crippen LogP contribution in [0, 0.1) is 29.1 Å². The first-order valence-corrected chi connectivity index (χ1v) is 9.10. The maximum absolute atomic E-state index is 12.7. The van der Waals surface area contributed by atoms with Crippen LogP contribution in [0.1, 0.15) is 51.9 Å². The van der Waals surface area contributed by atoms with Crippen LogP contribution in [0.2, 0.25) is 0 Å². The van der Waals surface area contributed by atoms with Crippen LogP contribution in [0.3, 0.4) is 0 Å². The number of carbonyl (C=O) groups excluding carboxylic acids is 2. The first kappa shape index (κ1) is 15.3. The van der Waals surface area contributed by atoms with Gasteiger partial charge in [-0.2, -0.15) is 0 Å². The highest BCUT2D eigenvalue weighted by atomic mass is 16.3. The fourth-order valence-corrected chi connectivity index (χ4v) is 6.41. The van der Waals surface area contributed by atoms with E-state index in [2.05, 4.69) is 13.5 Å². The third-order valence-corrected chi connectivity index (χ3v) is 7.29. The van der Waals surface area contributed by atoms with Gasteiger partial charge in [-0.1, -0.05) is 24.6 Å². The lowest BCUT2D eigenvalue weighted by Gasteiger charge is -2.54. The minimum absolute atomic E-state index is 0.0923. The van der Waals surface area contributed by atoms with Crippen molar-refractivity contribution in [3.8, 4) is 0 Å². The lowest BCUT2D eigenvalue weighted by Crippen LogP contribution is -2.50. The van der Waals surface area contributed by atoms with Crippen molar-refractivity contribution in [2.45, 2.75) is 58.0 Å². The maximum Gasteiger partial charge on any atom is 0.155 e. The second-order valence-corrected chi connectivity index (χ2v) is 8.12. The Labute approximate surface area is 137 Å². The van der Waals surface area contributed by atoms with Gasteiger partial charge in [0.2, 0.25) is 0 Å². The van der Waals surface area contributed by atoms with Gasteiger partial charge in [-0.25, -0.2) is 0 Å². The number of fused-ring (bicyclic) bond motifs is 5. The van der Waals surface area contributed by atoms with Crippen LogP contribution in [0.15, 0.2) is 23.8 Å². The van der Waals surface area contributed by atoms with Crippen LogP contribution in [0.4, 0.5) is 0 Å². The van der Waals surface area contributed by atoms with Crippen LogP contribution in [0.25, 0.3) is 0 Å². The normalized spacial score (nSPS) is 46.1. The summed E-state index contributed by atoms with van der Waals surface area (Å²) in [6.45, 7) is 6.46. The fourth-order valence-electron chi connectivity index (χ4n) is 6.41. The number of aliphatic hydroxyl groups is 1. The summed E-state index contributed by atoms with van der Waals surface area (Å²) in [4.78, 5) is 24.4. The molecular formula is C20H26O3. The predicted octanol–water partition coefficient (Wildman–Crippen LogP) is 3.22. The Hall–Kier alpha value is -1.22. The molecule has 0 bridgehead atoms. The molecule has 23 heavy (non-hydrogen) atoms. The summed E-state index contributed by atoms with van der Waals surface area (Å²) in [5.41, 5.74) is 2.12. The Morgan fingerprint density at radius 3 is 2.83 bits per heavy atom. The van der Waals surface area contributed by atoms with Crippen molar-refractivity contribution in [2.24, 2.45) is 29.1 Å². The van der Waals surface area contributed by atoms with Gasteiger partial charge in [0.15, 0.2) is 5.78 Å². The average molecular weight is 314 g/mol. The van der Waals surface area contributed by atoms with Gasteiger partial charge >= 0.3 is 0 Å². The molecule has 3 nitrogen and oxygen atoms in total. The summed E-state index contributed by atoms with van der Waals surface area (Å²) in [6, 6.07) is 0. The van der Waals surface area contributed by atoms with Crippen LogP contribution in [-0.2, 0) is 9.59 Å². The van der Waals surface area contributed by atoms with E-state index in [0.717, 1.165) is 32.1 Å². The number of aliphatic hydroxyl groups excluding tert-OH is 1. The van der Waals surface area contributed by atoms with Gasteiger partial charge in [0.05, 0.1) is 6.10 Å². The average Bonchev–Trinajstić information content (AvgIpc) is 2.77. The molecule has 0 aromatic carbocycles. The van der Waals surface area contributed by atoms with E-state index in [1.54, 1.807) is 0 Å². The summed E-state index contributed by atoms with van der Waals surface area (Å²) in [7, 11) is 0. The van der Waals surface area contributed by atoms with E-state index in [1.165, 1.54) is 11.1 Å². The first-order chi connectivity index (χ1) is 11.0. The number of hydrogen-bond acceptors (Lipinski definition) is 3. The Bertz CT molecular complexity index is 616. The zero-order valence-corrected chi connectivity index (χ0v) is 13.9. The monoisotopic (exact) mass is 314 g/mol. The van der Waals surface area contributed by atoms with Gasteiger partial charge in [-0.3, -0.25) is 9.59 Å². The van der Waals surface area contributed by atoms with Crippen molar-refractivity contribution in [2.75, 3.05) is 0 Å². The van der Waals surface area contributed by atoms with E-state index in [-0.39, 0.29) is 22.9 Å². The van der Waals surface area contributed by atoms with E-state index < -0.39 is 6.10 Å². The molecule has 4 aliphatic carbocycles. The van der Waals surface area contributed by atoms with Gasteiger partial charge in [-0.15, -0.1) is 0 Å². The number of allylic oxidation sites excluding steroid dienone is 2. The molecule has 3 heteroatoms. The molecule has 0 aromatic heterocycles. The molecule has 4 rings (SSSR count). The van der Waals surface area contributed by atoms with Crippen LogP contribution in [-0.4, -0.2) is 22.8 Å². The van der Waals surface area contributed by atoms with Crippen molar-refractivity contribution >= 4 is 11.6 Å². The SMILES string of the molecule is C=C1C[C@]2(CC)C(=O)C[C@H](O)[C@H]2[C@@H]2CCC3=CC(=O)CC[C@@H]3[C@@H]12. The van der Waals surface area contributed by atoms with Crippen LogP contribution < -0.4 is 0 Å². The lowest BCUT2D eigenvalue weighted by atomic mass is 9.49. The number of carbonyl (C=O) groups is 2. The maximum atomic E-state index is 12.7. The van der Waals surface area contributed by atoms with Crippen molar-refractivity contribution < 1.29 is 14.7 Å². The third kappa shape index (κ3) is 1.98. The first-order valence-electron chi connectivity index (χ1n) is 9.10. The Morgan fingerprint density at radius 2 is 2.09 bits per heavy atom. The highest BCUT2D eigenvalue weighted by molar-refractivity contribution is 5.91. The summed E-state index contributed by atoms with van der Waals surface area (Å²) in [5, 5.41) is 10.6. The molecule has 0 aliphatic heterocycles. The van der Waals surface area contributed by atoms with E-state index in [1.807, 2.05) is 6.08 Å². The smallest absolute Gasteiger partial charge is 0.155 e. The number of hydrogen-bond donors (Lipinski definition) is 1. The minimum Gasteiger partial charge on any atom is -0.392 e. The van der Waals surface area contributed by atoms with Crippen LogP contribution in [0.5, 0.6) is 0 Å². The molecule has 0 aromatic rings.